The third-order valence-corrected chi connectivity index (χ3v) is 4.16. The molecule has 2 heterocycles. The number of benzene rings is 1. The molecule has 1 aromatic carbocycles. The maximum absolute atomic E-state index is 4.69. The Balaban J connectivity index is 2.29. The topological polar surface area (TPSA) is 16.1 Å². The minimum absolute atomic E-state index is 0.538. The van der Waals surface area contributed by atoms with Gasteiger partial charge in [-0.2, -0.15) is 0 Å². The zero-order valence-corrected chi connectivity index (χ0v) is 12.3. The lowest BCUT2D eigenvalue weighted by Crippen LogP contribution is -2.28. The largest absolute Gasteiger partial charge is 0.367 e. The summed E-state index contributed by atoms with van der Waals surface area (Å²) >= 11 is 0. The van der Waals surface area contributed by atoms with Gasteiger partial charge in [-0.05, 0) is 43.4 Å². The van der Waals surface area contributed by atoms with Crippen molar-refractivity contribution in [3.63, 3.8) is 0 Å². The molecular formula is C17H22N2. The summed E-state index contributed by atoms with van der Waals surface area (Å²) in [6.07, 6.45) is 3.12. The molecule has 3 rings (SSSR count). The molecular weight excluding hydrogens is 232 g/mol. The van der Waals surface area contributed by atoms with Crippen molar-refractivity contribution in [3.05, 3.63) is 35.5 Å². The molecule has 0 bridgehead atoms. The average molecular weight is 254 g/mol. The number of pyridine rings is 1. The van der Waals surface area contributed by atoms with Crippen LogP contribution < -0.4 is 4.90 Å². The standard InChI is InChI=1S/C17H22N2/c1-11(2)14-7-9-18-16-15(14)6-5-13-8-10-19(12(3)4)17(13)16/h5-7,9,11-12H,8,10H2,1-4H3. The van der Waals surface area contributed by atoms with Crippen LogP contribution in [0.3, 0.4) is 0 Å². The molecule has 0 N–H and O–H groups in total. The van der Waals surface area contributed by atoms with Crippen LogP contribution in [-0.4, -0.2) is 17.6 Å². The van der Waals surface area contributed by atoms with Gasteiger partial charge < -0.3 is 4.90 Å². The molecule has 0 amide bonds. The number of hydrogen-bond acceptors (Lipinski definition) is 2. The van der Waals surface area contributed by atoms with Crippen LogP contribution in [0.1, 0.15) is 44.7 Å². The molecule has 1 aliphatic heterocycles. The van der Waals surface area contributed by atoms with Crippen LogP contribution in [0.5, 0.6) is 0 Å². The van der Waals surface area contributed by atoms with Crippen LogP contribution in [-0.2, 0) is 6.42 Å². The minimum Gasteiger partial charge on any atom is -0.367 e. The molecule has 0 radical (unpaired) electrons. The summed E-state index contributed by atoms with van der Waals surface area (Å²) in [6, 6.07) is 7.26. The SMILES string of the molecule is CC(C)c1ccnc2c3c(ccc12)CCN3C(C)C. The fourth-order valence-corrected chi connectivity index (χ4v) is 3.16. The van der Waals surface area contributed by atoms with E-state index in [2.05, 4.69) is 55.8 Å². The lowest BCUT2D eigenvalue weighted by Gasteiger charge is -2.25. The molecule has 0 saturated heterocycles. The highest BCUT2D eigenvalue weighted by Gasteiger charge is 2.24. The minimum atomic E-state index is 0.538. The van der Waals surface area contributed by atoms with Crippen LogP contribution >= 0.6 is 0 Å². The molecule has 19 heavy (non-hydrogen) atoms. The molecule has 100 valence electrons. The van der Waals surface area contributed by atoms with Crippen molar-refractivity contribution < 1.29 is 0 Å². The lowest BCUT2D eigenvalue weighted by molar-refractivity contribution is 0.711. The van der Waals surface area contributed by atoms with Crippen molar-refractivity contribution in [2.45, 2.75) is 46.1 Å². The molecule has 0 atom stereocenters. The highest BCUT2D eigenvalue weighted by atomic mass is 15.2. The van der Waals surface area contributed by atoms with Crippen LogP contribution in [0.2, 0.25) is 0 Å². The molecule has 0 saturated carbocycles. The van der Waals surface area contributed by atoms with Gasteiger partial charge in [0.05, 0.1) is 11.2 Å². The molecule has 2 heteroatoms. The molecule has 0 aliphatic carbocycles. The first-order valence-electron chi connectivity index (χ1n) is 7.26. The zero-order chi connectivity index (χ0) is 13.6. The normalized spacial score (nSPS) is 14.7. The Kier molecular flexibility index (Phi) is 2.96. The Morgan fingerprint density at radius 1 is 1.11 bits per heavy atom. The van der Waals surface area contributed by atoms with Crippen molar-refractivity contribution in [1.82, 2.24) is 4.98 Å². The smallest absolute Gasteiger partial charge is 0.0941 e. The quantitative estimate of drug-likeness (QED) is 0.801. The monoisotopic (exact) mass is 254 g/mol. The van der Waals surface area contributed by atoms with Gasteiger partial charge >= 0.3 is 0 Å². The third-order valence-electron chi connectivity index (χ3n) is 4.16. The number of hydrogen-bond donors (Lipinski definition) is 0. The number of rotatable bonds is 2. The van der Waals surface area contributed by atoms with Gasteiger partial charge in [-0.3, -0.25) is 4.98 Å². The Morgan fingerprint density at radius 2 is 1.89 bits per heavy atom. The number of anilines is 1. The van der Waals surface area contributed by atoms with Crippen LogP contribution in [0.4, 0.5) is 5.69 Å². The summed E-state index contributed by atoms with van der Waals surface area (Å²) < 4.78 is 0. The fraction of sp³-hybridized carbons (Fsp3) is 0.471. The molecule has 0 unspecified atom stereocenters. The fourth-order valence-electron chi connectivity index (χ4n) is 3.16. The van der Waals surface area contributed by atoms with E-state index < -0.39 is 0 Å². The summed E-state index contributed by atoms with van der Waals surface area (Å²) in [5.41, 5.74) is 5.42. The lowest BCUT2D eigenvalue weighted by atomic mass is 9.97. The highest BCUT2D eigenvalue weighted by Crippen LogP contribution is 2.37. The van der Waals surface area contributed by atoms with Crippen molar-refractivity contribution in [2.24, 2.45) is 0 Å². The number of aromatic nitrogens is 1. The summed E-state index contributed by atoms with van der Waals surface area (Å²) in [4.78, 5) is 7.18. The average Bonchev–Trinajstić information content (AvgIpc) is 2.82. The van der Waals surface area contributed by atoms with Crippen molar-refractivity contribution >= 4 is 16.6 Å². The van der Waals surface area contributed by atoms with Gasteiger partial charge in [-0.25, -0.2) is 0 Å². The Bertz CT molecular complexity index is 614. The van der Waals surface area contributed by atoms with Gasteiger partial charge in [0.25, 0.3) is 0 Å². The molecule has 2 aromatic rings. The summed E-state index contributed by atoms with van der Waals surface area (Å²) in [5.74, 6) is 0.539. The van der Waals surface area contributed by atoms with E-state index in [1.807, 2.05) is 6.20 Å². The first-order valence-corrected chi connectivity index (χ1v) is 7.26. The van der Waals surface area contributed by atoms with Crippen LogP contribution in [0, 0.1) is 0 Å². The summed E-state index contributed by atoms with van der Waals surface area (Å²) in [5, 5.41) is 1.32. The number of fused-ring (bicyclic) bond motifs is 3. The highest BCUT2D eigenvalue weighted by molar-refractivity contribution is 5.96. The zero-order valence-electron chi connectivity index (χ0n) is 12.3. The molecule has 2 nitrogen and oxygen atoms in total. The first-order chi connectivity index (χ1) is 9.09. The second kappa shape index (κ2) is 4.52. The van der Waals surface area contributed by atoms with Gasteiger partial charge in [0, 0.05) is 24.2 Å². The van der Waals surface area contributed by atoms with E-state index in [4.69, 9.17) is 0 Å². The van der Waals surface area contributed by atoms with E-state index in [9.17, 15) is 0 Å². The van der Waals surface area contributed by atoms with Gasteiger partial charge in [0.2, 0.25) is 0 Å². The van der Waals surface area contributed by atoms with E-state index in [0.29, 0.717) is 12.0 Å². The van der Waals surface area contributed by atoms with E-state index >= 15 is 0 Å². The van der Waals surface area contributed by atoms with Crippen molar-refractivity contribution in [3.8, 4) is 0 Å². The predicted molar refractivity (Wildman–Crippen MR) is 82.0 cm³/mol. The van der Waals surface area contributed by atoms with Crippen molar-refractivity contribution in [1.29, 1.82) is 0 Å². The van der Waals surface area contributed by atoms with Gasteiger partial charge in [-0.1, -0.05) is 26.0 Å². The van der Waals surface area contributed by atoms with E-state index in [0.717, 1.165) is 13.0 Å². The van der Waals surface area contributed by atoms with Crippen LogP contribution in [0.25, 0.3) is 10.9 Å². The second-order valence-electron chi connectivity index (χ2n) is 6.06. The van der Waals surface area contributed by atoms with E-state index in [1.54, 1.807) is 0 Å². The van der Waals surface area contributed by atoms with Gasteiger partial charge in [0.15, 0.2) is 0 Å². The van der Waals surface area contributed by atoms with Gasteiger partial charge in [-0.15, -0.1) is 0 Å². The molecule has 1 aromatic heterocycles. The molecule has 0 spiro atoms. The Hall–Kier alpha value is -1.57. The maximum Gasteiger partial charge on any atom is 0.0941 e. The Labute approximate surface area is 115 Å². The first kappa shape index (κ1) is 12.5. The second-order valence-corrected chi connectivity index (χ2v) is 6.06. The predicted octanol–water partition coefficient (Wildman–Crippen LogP) is 4.13. The van der Waals surface area contributed by atoms with Crippen molar-refractivity contribution in [2.75, 3.05) is 11.4 Å². The number of nitrogens with zero attached hydrogens (tertiary/aromatic N) is 2. The summed E-state index contributed by atoms with van der Waals surface area (Å²) in [6.45, 7) is 10.2. The molecule has 0 fully saturated rings. The third kappa shape index (κ3) is 1.90. The molecule has 1 aliphatic rings. The van der Waals surface area contributed by atoms with E-state index in [-0.39, 0.29) is 0 Å². The van der Waals surface area contributed by atoms with E-state index in [1.165, 1.54) is 27.7 Å². The summed E-state index contributed by atoms with van der Waals surface area (Å²) in [7, 11) is 0. The Morgan fingerprint density at radius 3 is 2.58 bits per heavy atom. The van der Waals surface area contributed by atoms with Crippen LogP contribution in [0.15, 0.2) is 24.4 Å². The maximum atomic E-state index is 4.69. The van der Waals surface area contributed by atoms with Gasteiger partial charge in [0.1, 0.15) is 0 Å².